The fourth-order valence-electron chi connectivity index (χ4n) is 5.62. The van der Waals surface area contributed by atoms with Crippen LogP contribution in [0.1, 0.15) is 27.7 Å². The first-order chi connectivity index (χ1) is 20.2. The molecule has 0 bridgehead atoms. The second-order valence-corrected chi connectivity index (χ2v) is 11.6. The number of imidazole rings is 1. The first-order valence-corrected chi connectivity index (χ1v) is 14.5. The number of likely N-dealkylation sites (N-methyl/N-ethyl adjacent to an activating group) is 1. The Morgan fingerprint density at radius 3 is 2.40 bits per heavy atom. The lowest BCUT2D eigenvalue weighted by Crippen LogP contribution is -2.47. The number of alkyl halides is 1. The lowest BCUT2D eigenvalue weighted by atomic mass is 9.98. The predicted octanol–water partition coefficient (Wildman–Crippen LogP) is 5.86. The molecule has 1 amide bonds. The summed E-state index contributed by atoms with van der Waals surface area (Å²) in [5, 5.41) is 3.78. The Hall–Kier alpha value is -3.50. The van der Waals surface area contributed by atoms with Crippen LogP contribution in [0.15, 0.2) is 48.5 Å². The van der Waals surface area contributed by atoms with E-state index < -0.39 is 6.17 Å². The number of hydrogen-bond donors (Lipinski definition) is 1. The van der Waals surface area contributed by atoms with E-state index in [0.29, 0.717) is 64.7 Å². The van der Waals surface area contributed by atoms with Gasteiger partial charge >= 0.3 is 0 Å². The number of aromatic nitrogens is 3. The molecular weight excluding hydrogens is 578 g/mol. The third kappa shape index (κ3) is 5.38. The van der Waals surface area contributed by atoms with Crippen LogP contribution in [-0.4, -0.2) is 70.2 Å². The maximum absolute atomic E-state index is 13.3. The molecule has 4 heterocycles. The van der Waals surface area contributed by atoms with Crippen molar-refractivity contribution in [1.82, 2.24) is 24.3 Å². The molecule has 1 fully saturated rings. The molecule has 0 aliphatic carbocycles. The Morgan fingerprint density at radius 1 is 1.00 bits per heavy atom. The summed E-state index contributed by atoms with van der Waals surface area (Å²) < 4.78 is 20.7. The number of anilines is 1. The number of nitrogens with zero attached hydrogens (tertiary/aromatic N) is 5. The third-order valence-electron chi connectivity index (χ3n) is 7.89. The van der Waals surface area contributed by atoms with Crippen LogP contribution in [0.5, 0.6) is 5.88 Å². The molecule has 6 rings (SSSR count). The van der Waals surface area contributed by atoms with Gasteiger partial charge in [-0.25, -0.2) is 14.4 Å². The van der Waals surface area contributed by atoms with Gasteiger partial charge in [0, 0.05) is 74.1 Å². The Kier molecular flexibility index (Phi) is 7.93. The smallest absolute Gasteiger partial charge is 0.291 e. The van der Waals surface area contributed by atoms with Crippen molar-refractivity contribution in [3.8, 4) is 28.1 Å². The summed E-state index contributed by atoms with van der Waals surface area (Å²) >= 11 is 13.9. The van der Waals surface area contributed by atoms with Crippen molar-refractivity contribution in [3.63, 3.8) is 0 Å². The molecule has 0 saturated carbocycles. The first kappa shape index (κ1) is 28.6. The molecule has 0 spiro atoms. The van der Waals surface area contributed by atoms with Gasteiger partial charge in [-0.1, -0.05) is 53.5 Å². The van der Waals surface area contributed by atoms with Crippen LogP contribution >= 0.6 is 23.2 Å². The maximum Gasteiger partial charge on any atom is 0.291 e. The topological polar surface area (TPSA) is 75.5 Å². The van der Waals surface area contributed by atoms with Crippen molar-refractivity contribution < 1.29 is 13.9 Å². The fourth-order valence-corrected chi connectivity index (χ4v) is 6.22. The molecule has 1 N–H and O–H groups in total. The lowest BCUT2D eigenvalue weighted by molar-refractivity contribution is 0.0579. The van der Waals surface area contributed by atoms with E-state index >= 15 is 0 Å². The Morgan fingerprint density at radius 2 is 1.69 bits per heavy atom. The van der Waals surface area contributed by atoms with Gasteiger partial charge in [-0.2, -0.15) is 0 Å². The minimum absolute atomic E-state index is 0.329. The molecule has 2 aliphatic heterocycles. The number of rotatable bonds is 7. The Bertz CT molecular complexity index is 1670. The van der Waals surface area contributed by atoms with E-state index in [9.17, 15) is 9.18 Å². The molecule has 2 aromatic heterocycles. The van der Waals surface area contributed by atoms with Crippen molar-refractivity contribution >= 4 is 34.8 Å². The van der Waals surface area contributed by atoms with Gasteiger partial charge < -0.3 is 19.5 Å². The highest BCUT2D eigenvalue weighted by atomic mass is 35.5. The van der Waals surface area contributed by atoms with Crippen LogP contribution in [0.4, 0.5) is 10.1 Å². The van der Waals surface area contributed by atoms with E-state index in [1.807, 2.05) is 66.0 Å². The number of amides is 1. The molecule has 11 heteroatoms. The van der Waals surface area contributed by atoms with E-state index in [0.717, 1.165) is 41.2 Å². The van der Waals surface area contributed by atoms with Crippen LogP contribution in [0.2, 0.25) is 10.0 Å². The zero-order chi connectivity index (χ0) is 29.5. The van der Waals surface area contributed by atoms with Gasteiger partial charge in [-0.3, -0.25) is 9.69 Å². The second-order valence-electron chi connectivity index (χ2n) is 10.8. The van der Waals surface area contributed by atoms with Gasteiger partial charge in [-0.15, -0.1) is 0 Å². The molecule has 8 nitrogen and oxygen atoms in total. The first-order valence-electron chi connectivity index (χ1n) is 13.8. The maximum atomic E-state index is 13.3. The molecule has 2 aliphatic rings. The number of pyridine rings is 1. The lowest BCUT2D eigenvalue weighted by Gasteiger charge is -2.33. The molecule has 42 heavy (non-hydrogen) atoms. The van der Waals surface area contributed by atoms with E-state index in [2.05, 4.69) is 20.2 Å². The summed E-state index contributed by atoms with van der Waals surface area (Å²) in [6, 6.07) is 14.9. The van der Waals surface area contributed by atoms with Crippen LogP contribution in [-0.2, 0) is 26.6 Å². The average Bonchev–Trinajstić information content (AvgIpc) is 3.29. The minimum Gasteiger partial charge on any atom is -0.481 e. The Balaban J connectivity index is 1.28. The average molecular weight is 610 g/mol. The fraction of sp³-hybridized carbons (Fsp3) is 0.323. The molecule has 4 aromatic rings. The summed E-state index contributed by atoms with van der Waals surface area (Å²) in [6.07, 6.45) is 0.0723. The van der Waals surface area contributed by atoms with E-state index in [4.69, 9.17) is 27.9 Å². The quantitative estimate of drug-likeness (QED) is 0.283. The summed E-state index contributed by atoms with van der Waals surface area (Å²) in [4.78, 5) is 26.8. The third-order valence-corrected chi connectivity index (χ3v) is 8.70. The number of ether oxygens (including phenoxy) is 1. The van der Waals surface area contributed by atoms with E-state index in [1.54, 1.807) is 13.2 Å². The highest BCUT2D eigenvalue weighted by Crippen LogP contribution is 2.43. The number of likely N-dealkylation sites (tertiary alicyclic amines) is 1. The van der Waals surface area contributed by atoms with E-state index in [-0.39, 0.29) is 5.91 Å². The molecule has 0 atom stereocenters. The standard InChI is InChI=1S/C31H31Cl2FN6O2/c1-38-13-12-26-25(17-38)36-29(39(26)2)30(41)37-24-9-5-8-21(28(24)33)20-6-4-7-22(27(20)32)23-11-10-19(35-31(23)42-3)16-40-14-18(34)15-40/h4-11,18H,12-17H2,1-3H3,(H,37,41). The van der Waals surface area contributed by atoms with Crippen molar-refractivity contribution in [3.05, 3.63) is 81.5 Å². The summed E-state index contributed by atoms with van der Waals surface area (Å²) in [6.45, 7) is 3.02. The zero-order valence-corrected chi connectivity index (χ0v) is 25.1. The van der Waals surface area contributed by atoms with Crippen LogP contribution < -0.4 is 10.1 Å². The summed E-state index contributed by atoms with van der Waals surface area (Å²) in [5.41, 5.74) is 6.08. The molecule has 2 aromatic carbocycles. The van der Waals surface area contributed by atoms with Gasteiger partial charge in [0.1, 0.15) is 6.17 Å². The number of nitrogens with one attached hydrogen (secondary N) is 1. The minimum atomic E-state index is -0.770. The van der Waals surface area contributed by atoms with Crippen molar-refractivity contribution in [2.75, 3.05) is 39.1 Å². The summed E-state index contributed by atoms with van der Waals surface area (Å²) in [5.74, 6) is 0.447. The molecule has 0 radical (unpaired) electrons. The summed E-state index contributed by atoms with van der Waals surface area (Å²) in [7, 11) is 5.48. The number of benzene rings is 2. The molecule has 218 valence electrons. The van der Waals surface area contributed by atoms with Crippen LogP contribution in [0, 0.1) is 0 Å². The number of halogens is 3. The predicted molar refractivity (Wildman–Crippen MR) is 163 cm³/mol. The van der Waals surface area contributed by atoms with Gasteiger partial charge in [-0.05, 0) is 25.2 Å². The Labute approximate surface area is 254 Å². The van der Waals surface area contributed by atoms with Gasteiger partial charge in [0.2, 0.25) is 5.88 Å². The molecular formula is C31H31Cl2FN6O2. The van der Waals surface area contributed by atoms with Crippen LogP contribution in [0.3, 0.4) is 0 Å². The number of methoxy groups -OCH3 is 1. The zero-order valence-electron chi connectivity index (χ0n) is 23.6. The van der Waals surface area contributed by atoms with Crippen molar-refractivity contribution in [1.29, 1.82) is 0 Å². The van der Waals surface area contributed by atoms with Crippen LogP contribution in [0.25, 0.3) is 22.3 Å². The largest absolute Gasteiger partial charge is 0.481 e. The monoisotopic (exact) mass is 608 g/mol. The van der Waals surface area contributed by atoms with Crippen molar-refractivity contribution in [2.45, 2.75) is 25.7 Å². The number of carbonyl (C=O) groups excluding carboxylic acids is 1. The second kappa shape index (κ2) is 11.6. The van der Waals surface area contributed by atoms with Crippen molar-refractivity contribution in [2.24, 2.45) is 7.05 Å². The number of carbonyl (C=O) groups is 1. The normalized spacial score (nSPS) is 15.8. The van der Waals surface area contributed by atoms with Gasteiger partial charge in [0.05, 0.1) is 34.2 Å². The molecule has 0 unspecified atom stereocenters. The SMILES string of the molecule is COc1nc(CN2CC(F)C2)ccc1-c1cccc(-c2cccc(NC(=O)c3nc4c(n3C)CCN(C)C4)c2Cl)c1Cl. The number of fused-ring (bicyclic) bond motifs is 1. The van der Waals surface area contributed by atoms with Gasteiger partial charge in [0.15, 0.2) is 5.82 Å². The molecule has 1 saturated heterocycles. The highest BCUT2D eigenvalue weighted by Gasteiger charge is 2.27. The van der Waals surface area contributed by atoms with Gasteiger partial charge in [0.25, 0.3) is 5.91 Å². The van der Waals surface area contributed by atoms with E-state index in [1.165, 1.54) is 0 Å². The highest BCUT2D eigenvalue weighted by molar-refractivity contribution is 6.39. The number of hydrogen-bond acceptors (Lipinski definition) is 6.